The van der Waals surface area contributed by atoms with E-state index in [-0.39, 0.29) is 12.3 Å². The van der Waals surface area contributed by atoms with Gasteiger partial charge in [-0.15, -0.1) is 11.3 Å². The Labute approximate surface area is 180 Å². The summed E-state index contributed by atoms with van der Waals surface area (Å²) in [4.78, 5) is 16.1. The lowest BCUT2D eigenvalue weighted by Gasteiger charge is -2.26. The number of carbonyl (C=O) groups is 1. The van der Waals surface area contributed by atoms with E-state index in [1.54, 1.807) is 7.11 Å². The van der Waals surface area contributed by atoms with Crippen molar-refractivity contribution in [3.63, 3.8) is 0 Å². The zero-order chi connectivity index (χ0) is 20.9. The van der Waals surface area contributed by atoms with Gasteiger partial charge >= 0.3 is 0 Å². The summed E-state index contributed by atoms with van der Waals surface area (Å²) in [7, 11) is 1.62. The van der Waals surface area contributed by atoms with Crippen LogP contribution in [0.5, 0.6) is 5.75 Å². The molecule has 1 aliphatic rings. The van der Waals surface area contributed by atoms with Gasteiger partial charge < -0.3 is 10.1 Å². The van der Waals surface area contributed by atoms with E-state index in [0.29, 0.717) is 10.6 Å². The number of nitriles is 1. The van der Waals surface area contributed by atoms with Crippen LogP contribution in [0.25, 0.3) is 0 Å². The number of thiophene rings is 1. The van der Waals surface area contributed by atoms with Crippen LogP contribution in [0.2, 0.25) is 0 Å². The molecule has 30 heavy (non-hydrogen) atoms. The SMILES string of the molecule is COc1ccc(CC(=O)Nc2sc3c(c2C#N)CCN(Cc2ccccc2)C3)cc1. The number of rotatable bonds is 6. The number of nitrogens with one attached hydrogen (secondary N) is 1. The Bertz CT molecular complexity index is 1070. The molecule has 0 fully saturated rings. The maximum atomic E-state index is 12.6. The summed E-state index contributed by atoms with van der Waals surface area (Å²) < 4.78 is 5.15. The van der Waals surface area contributed by atoms with Crippen molar-refractivity contribution < 1.29 is 9.53 Å². The van der Waals surface area contributed by atoms with Crippen molar-refractivity contribution in [1.29, 1.82) is 5.26 Å². The molecule has 152 valence electrons. The fourth-order valence-electron chi connectivity index (χ4n) is 3.74. The molecule has 1 amide bonds. The first-order chi connectivity index (χ1) is 14.7. The quantitative estimate of drug-likeness (QED) is 0.647. The highest BCUT2D eigenvalue weighted by molar-refractivity contribution is 7.16. The summed E-state index contributed by atoms with van der Waals surface area (Å²) >= 11 is 1.53. The predicted molar refractivity (Wildman–Crippen MR) is 119 cm³/mol. The first-order valence-electron chi connectivity index (χ1n) is 9.90. The van der Waals surface area contributed by atoms with Crippen molar-refractivity contribution in [2.75, 3.05) is 19.0 Å². The molecule has 0 spiro atoms. The van der Waals surface area contributed by atoms with Crippen LogP contribution in [0, 0.1) is 11.3 Å². The minimum atomic E-state index is -0.114. The topological polar surface area (TPSA) is 65.4 Å². The van der Waals surface area contributed by atoms with Crippen molar-refractivity contribution >= 4 is 22.2 Å². The van der Waals surface area contributed by atoms with Crippen molar-refractivity contribution in [2.45, 2.75) is 25.9 Å². The maximum Gasteiger partial charge on any atom is 0.229 e. The highest BCUT2D eigenvalue weighted by atomic mass is 32.1. The molecule has 4 rings (SSSR count). The summed E-state index contributed by atoms with van der Waals surface area (Å²) in [5, 5.41) is 13.3. The minimum Gasteiger partial charge on any atom is -0.497 e. The molecule has 0 saturated heterocycles. The lowest BCUT2D eigenvalue weighted by atomic mass is 10.0. The largest absolute Gasteiger partial charge is 0.497 e. The van der Waals surface area contributed by atoms with Gasteiger partial charge in [-0.1, -0.05) is 42.5 Å². The number of nitrogens with zero attached hydrogens (tertiary/aromatic N) is 2. The number of carbonyl (C=O) groups excluding carboxylic acids is 1. The molecular formula is C24H23N3O2S. The van der Waals surface area contributed by atoms with Crippen LogP contribution in [0.15, 0.2) is 54.6 Å². The third kappa shape index (κ3) is 4.54. The van der Waals surface area contributed by atoms with Crippen molar-refractivity contribution in [3.8, 4) is 11.8 Å². The van der Waals surface area contributed by atoms with Gasteiger partial charge in [0.1, 0.15) is 16.8 Å². The van der Waals surface area contributed by atoms with Gasteiger partial charge in [0.05, 0.1) is 19.1 Å². The van der Waals surface area contributed by atoms with Gasteiger partial charge in [0, 0.05) is 24.5 Å². The molecule has 6 heteroatoms. The van der Waals surface area contributed by atoms with Crippen LogP contribution in [0.4, 0.5) is 5.00 Å². The summed E-state index contributed by atoms with van der Waals surface area (Å²) in [6.45, 7) is 2.60. The number of benzene rings is 2. The van der Waals surface area contributed by atoms with E-state index in [4.69, 9.17) is 4.74 Å². The second kappa shape index (κ2) is 9.12. The van der Waals surface area contributed by atoms with E-state index in [0.717, 1.165) is 42.9 Å². The Kier molecular flexibility index (Phi) is 6.12. The molecular weight excluding hydrogens is 394 g/mol. The highest BCUT2D eigenvalue weighted by Gasteiger charge is 2.25. The smallest absolute Gasteiger partial charge is 0.229 e. The van der Waals surface area contributed by atoms with Gasteiger partial charge in [-0.3, -0.25) is 9.69 Å². The Hall–Kier alpha value is -3.14. The van der Waals surface area contributed by atoms with Crippen molar-refractivity contribution in [2.24, 2.45) is 0 Å². The molecule has 0 atom stereocenters. The molecule has 0 saturated carbocycles. The van der Waals surface area contributed by atoms with Gasteiger partial charge in [-0.2, -0.15) is 5.26 Å². The molecule has 0 unspecified atom stereocenters. The molecule has 2 aromatic carbocycles. The Morgan fingerprint density at radius 1 is 1.17 bits per heavy atom. The van der Waals surface area contributed by atoms with E-state index >= 15 is 0 Å². The van der Waals surface area contributed by atoms with Crippen LogP contribution in [0.3, 0.4) is 0 Å². The molecule has 0 bridgehead atoms. The fraction of sp³-hybridized carbons (Fsp3) is 0.250. The number of anilines is 1. The Morgan fingerprint density at radius 3 is 2.63 bits per heavy atom. The summed E-state index contributed by atoms with van der Waals surface area (Å²) in [6.07, 6.45) is 1.09. The van der Waals surface area contributed by atoms with E-state index in [2.05, 4.69) is 40.6 Å². The van der Waals surface area contributed by atoms with Crippen LogP contribution in [-0.2, 0) is 30.7 Å². The van der Waals surface area contributed by atoms with Crippen molar-refractivity contribution in [1.82, 2.24) is 4.90 Å². The number of amides is 1. The lowest BCUT2D eigenvalue weighted by Crippen LogP contribution is -2.29. The molecule has 1 aliphatic heterocycles. The number of ether oxygens (including phenoxy) is 1. The lowest BCUT2D eigenvalue weighted by molar-refractivity contribution is -0.115. The third-order valence-corrected chi connectivity index (χ3v) is 6.41. The van der Waals surface area contributed by atoms with Gasteiger partial charge in [-0.25, -0.2) is 0 Å². The second-order valence-corrected chi connectivity index (χ2v) is 8.44. The molecule has 5 nitrogen and oxygen atoms in total. The monoisotopic (exact) mass is 417 g/mol. The Morgan fingerprint density at radius 2 is 1.93 bits per heavy atom. The highest BCUT2D eigenvalue weighted by Crippen LogP contribution is 2.37. The molecule has 1 aromatic heterocycles. The normalized spacial score (nSPS) is 13.3. The van der Waals surface area contributed by atoms with Crippen LogP contribution < -0.4 is 10.1 Å². The van der Waals surface area contributed by atoms with Gasteiger partial charge in [-0.05, 0) is 35.2 Å². The van der Waals surface area contributed by atoms with Crippen LogP contribution >= 0.6 is 11.3 Å². The molecule has 3 aromatic rings. The number of hydrogen-bond donors (Lipinski definition) is 1. The zero-order valence-corrected chi connectivity index (χ0v) is 17.7. The van der Waals surface area contributed by atoms with E-state index in [9.17, 15) is 10.1 Å². The van der Waals surface area contributed by atoms with Gasteiger partial charge in [0.25, 0.3) is 0 Å². The average molecular weight is 418 g/mol. The zero-order valence-electron chi connectivity index (χ0n) is 16.9. The van der Waals surface area contributed by atoms with Crippen LogP contribution in [-0.4, -0.2) is 24.5 Å². The average Bonchev–Trinajstić information content (AvgIpc) is 3.10. The third-order valence-electron chi connectivity index (χ3n) is 5.27. The van der Waals surface area contributed by atoms with E-state index in [1.807, 2.05) is 30.3 Å². The van der Waals surface area contributed by atoms with Crippen LogP contribution in [0.1, 0.15) is 27.1 Å². The van der Waals surface area contributed by atoms with E-state index in [1.165, 1.54) is 21.8 Å². The fourth-order valence-corrected chi connectivity index (χ4v) is 5.00. The standard InChI is InChI=1S/C24H23N3O2S/c1-29-19-9-7-17(8-10-19)13-23(28)26-24-21(14-25)20-11-12-27(16-22(20)30-24)15-18-5-3-2-4-6-18/h2-10H,11-13,15-16H2,1H3,(H,26,28). The Balaban J connectivity index is 1.44. The maximum absolute atomic E-state index is 12.6. The summed E-state index contributed by atoms with van der Waals surface area (Å²) in [5.74, 6) is 0.647. The molecule has 2 heterocycles. The number of methoxy groups -OCH3 is 1. The number of hydrogen-bond acceptors (Lipinski definition) is 5. The first-order valence-corrected chi connectivity index (χ1v) is 10.7. The first kappa shape index (κ1) is 20.1. The molecule has 0 radical (unpaired) electrons. The summed E-state index contributed by atoms with van der Waals surface area (Å²) in [5.41, 5.74) is 3.90. The molecule has 1 N–H and O–H groups in total. The second-order valence-electron chi connectivity index (χ2n) is 7.34. The predicted octanol–water partition coefficient (Wildman–Crippen LogP) is 4.37. The minimum absolute atomic E-state index is 0.114. The summed E-state index contributed by atoms with van der Waals surface area (Å²) in [6, 6.07) is 20.2. The number of fused-ring (bicyclic) bond motifs is 1. The van der Waals surface area contributed by atoms with E-state index < -0.39 is 0 Å². The van der Waals surface area contributed by atoms with Crippen molar-refractivity contribution in [3.05, 3.63) is 81.7 Å². The van der Waals surface area contributed by atoms with Gasteiger partial charge in [0.2, 0.25) is 5.91 Å². The van der Waals surface area contributed by atoms with Gasteiger partial charge in [0.15, 0.2) is 0 Å². The molecule has 0 aliphatic carbocycles.